The van der Waals surface area contributed by atoms with Crippen LogP contribution in [0.3, 0.4) is 0 Å². The number of carbonyl (C=O) groups is 1. The molecule has 8 nitrogen and oxygen atoms in total. The second kappa shape index (κ2) is 8.98. The number of hydrogen-bond acceptors (Lipinski definition) is 5. The molecule has 178 valence electrons. The van der Waals surface area contributed by atoms with Crippen LogP contribution in [-0.2, 0) is 6.18 Å². The van der Waals surface area contributed by atoms with Crippen LogP contribution < -0.4 is 4.90 Å². The first kappa shape index (κ1) is 23.6. The van der Waals surface area contributed by atoms with E-state index in [1.165, 1.54) is 6.20 Å². The number of halogens is 4. The van der Waals surface area contributed by atoms with E-state index in [1.807, 2.05) is 6.07 Å². The summed E-state index contributed by atoms with van der Waals surface area (Å²) in [6.07, 6.45) is -3.20. The maximum Gasteiger partial charge on any atom is 0.416 e. The van der Waals surface area contributed by atoms with Gasteiger partial charge in [0, 0.05) is 37.3 Å². The number of aromatic nitrogens is 2. The molecule has 1 amide bonds. The molecule has 4 rings (SSSR count). The zero-order valence-electron chi connectivity index (χ0n) is 17.9. The Morgan fingerprint density at radius 1 is 1.12 bits per heavy atom. The van der Waals surface area contributed by atoms with Crippen LogP contribution in [0, 0.1) is 17.0 Å². The molecular formula is C22H19ClF3N5O3. The van der Waals surface area contributed by atoms with Gasteiger partial charge in [0.05, 0.1) is 33.6 Å². The average Bonchev–Trinajstić information content (AvgIpc) is 3.19. The fraction of sp³-hybridized carbons (Fsp3) is 0.273. The molecular weight excluding hydrogens is 475 g/mol. The van der Waals surface area contributed by atoms with Crippen molar-refractivity contribution in [2.24, 2.45) is 0 Å². The molecule has 1 saturated heterocycles. The third kappa shape index (κ3) is 4.56. The van der Waals surface area contributed by atoms with E-state index in [2.05, 4.69) is 5.10 Å². The van der Waals surface area contributed by atoms with Gasteiger partial charge < -0.3 is 9.80 Å². The van der Waals surface area contributed by atoms with E-state index in [9.17, 15) is 28.1 Å². The smallest absolute Gasteiger partial charge is 0.362 e. The fourth-order valence-corrected chi connectivity index (χ4v) is 4.11. The standard InChI is InChI=1S/C22H19ClF3N5O3/c1-14-18(13-27-30(14)17-4-2-3-16(23)12-17)21(32)29-9-7-28(8-10-29)19-6-5-15(22(24,25)26)11-20(19)31(33)34/h2-6,11-13H,7-10H2,1H3. The molecule has 34 heavy (non-hydrogen) atoms. The van der Waals surface area contributed by atoms with Crippen LogP contribution in [0.2, 0.25) is 5.02 Å². The number of alkyl halides is 3. The van der Waals surface area contributed by atoms with Crippen molar-refractivity contribution in [2.45, 2.75) is 13.1 Å². The van der Waals surface area contributed by atoms with Gasteiger partial charge in [0.15, 0.2) is 0 Å². The monoisotopic (exact) mass is 493 g/mol. The lowest BCUT2D eigenvalue weighted by atomic mass is 10.1. The lowest BCUT2D eigenvalue weighted by molar-refractivity contribution is -0.384. The van der Waals surface area contributed by atoms with Crippen molar-refractivity contribution in [3.05, 3.63) is 80.6 Å². The number of amides is 1. The topological polar surface area (TPSA) is 84.5 Å². The Balaban J connectivity index is 1.50. The van der Waals surface area contributed by atoms with Gasteiger partial charge in [-0.2, -0.15) is 18.3 Å². The molecule has 0 saturated carbocycles. The second-order valence-electron chi connectivity index (χ2n) is 7.77. The van der Waals surface area contributed by atoms with E-state index in [4.69, 9.17) is 11.6 Å². The fourth-order valence-electron chi connectivity index (χ4n) is 3.92. The molecule has 2 aromatic carbocycles. The van der Waals surface area contributed by atoms with Crippen LogP contribution >= 0.6 is 11.6 Å². The number of anilines is 1. The first-order chi connectivity index (χ1) is 16.1. The maximum atomic E-state index is 13.1. The molecule has 0 radical (unpaired) electrons. The van der Waals surface area contributed by atoms with E-state index in [1.54, 1.807) is 39.6 Å². The highest BCUT2D eigenvalue weighted by Crippen LogP contribution is 2.36. The van der Waals surface area contributed by atoms with Crippen molar-refractivity contribution in [2.75, 3.05) is 31.1 Å². The molecule has 0 atom stereocenters. The van der Waals surface area contributed by atoms with Crippen molar-refractivity contribution >= 4 is 28.9 Å². The van der Waals surface area contributed by atoms with Gasteiger partial charge in [-0.25, -0.2) is 4.68 Å². The summed E-state index contributed by atoms with van der Waals surface area (Å²) in [5, 5.41) is 16.2. The molecule has 3 aromatic rings. The molecule has 1 aliphatic rings. The molecule has 1 aliphatic heterocycles. The number of nitro benzene ring substituents is 1. The number of hydrogen-bond donors (Lipinski definition) is 0. The summed E-state index contributed by atoms with van der Waals surface area (Å²) in [7, 11) is 0. The van der Waals surface area contributed by atoms with Gasteiger partial charge >= 0.3 is 6.18 Å². The summed E-state index contributed by atoms with van der Waals surface area (Å²) < 4.78 is 40.5. The summed E-state index contributed by atoms with van der Waals surface area (Å²) in [6, 6.07) is 9.53. The average molecular weight is 494 g/mol. The van der Waals surface area contributed by atoms with Crippen LogP contribution in [0.25, 0.3) is 5.69 Å². The summed E-state index contributed by atoms with van der Waals surface area (Å²) >= 11 is 6.05. The van der Waals surface area contributed by atoms with E-state index in [0.717, 1.165) is 12.1 Å². The number of piperazine rings is 1. The SMILES string of the molecule is Cc1c(C(=O)N2CCN(c3ccc(C(F)(F)F)cc3[N+](=O)[O-])CC2)cnn1-c1cccc(Cl)c1. The summed E-state index contributed by atoms with van der Waals surface area (Å²) in [5.41, 5.74) is 0.151. The third-order valence-electron chi connectivity index (χ3n) is 5.70. The normalized spacial score (nSPS) is 14.4. The number of rotatable bonds is 4. The van der Waals surface area contributed by atoms with Gasteiger partial charge in [0.1, 0.15) is 5.69 Å². The highest BCUT2D eigenvalue weighted by Gasteiger charge is 2.34. The van der Waals surface area contributed by atoms with Gasteiger partial charge in [-0.3, -0.25) is 14.9 Å². The van der Waals surface area contributed by atoms with E-state index >= 15 is 0 Å². The summed E-state index contributed by atoms with van der Waals surface area (Å²) in [6.45, 7) is 2.74. The van der Waals surface area contributed by atoms with Gasteiger partial charge in [-0.1, -0.05) is 17.7 Å². The number of nitro groups is 1. The molecule has 0 unspecified atom stereocenters. The molecule has 0 bridgehead atoms. The van der Waals surface area contributed by atoms with Crippen LogP contribution in [0.4, 0.5) is 24.5 Å². The zero-order valence-corrected chi connectivity index (χ0v) is 18.7. The molecule has 2 heterocycles. The highest BCUT2D eigenvalue weighted by atomic mass is 35.5. The van der Waals surface area contributed by atoms with Crippen molar-refractivity contribution < 1.29 is 22.9 Å². The molecule has 0 aliphatic carbocycles. The lowest BCUT2D eigenvalue weighted by Gasteiger charge is -2.35. The summed E-state index contributed by atoms with van der Waals surface area (Å²) in [4.78, 5) is 26.9. The maximum absolute atomic E-state index is 13.1. The van der Waals surface area contributed by atoms with E-state index < -0.39 is 22.4 Å². The first-order valence-corrected chi connectivity index (χ1v) is 10.6. The molecule has 1 aromatic heterocycles. The van der Waals surface area contributed by atoms with E-state index in [-0.39, 0.29) is 37.8 Å². The largest absolute Gasteiger partial charge is 0.416 e. The third-order valence-corrected chi connectivity index (χ3v) is 5.94. The van der Waals surface area contributed by atoms with Crippen molar-refractivity contribution in [1.29, 1.82) is 0 Å². The Morgan fingerprint density at radius 3 is 2.44 bits per heavy atom. The van der Waals surface area contributed by atoms with Crippen LogP contribution in [0.5, 0.6) is 0 Å². The molecule has 12 heteroatoms. The highest BCUT2D eigenvalue weighted by molar-refractivity contribution is 6.30. The Labute approximate surface area is 197 Å². The Hall–Kier alpha value is -3.60. The van der Waals surface area contributed by atoms with Crippen molar-refractivity contribution in [3.8, 4) is 5.69 Å². The number of benzene rings is 2. The Bertz CT molecular complexity index is 1250. The predicted molar refractivity (Wildman–Crippen MR) is 120 cm³/mol. The first-order valence-electron chi connectivity index (χ1n) is 10.3. The van der Waals surface area contributed by atoms with Crippen molar-refractivity contribution in [3.63, 3.8) is 0 Å². The minimum absolute atomic E-state index is 0.0926. The van der Waals surface area contributed by atoms with Crippen LogP contribution in [0.15, 0.2) is 48.7 Å². The van der Waals surface area contributed by atoms with Gasteiger partial charge in [0.25, 0.3) is 11.6 Å². The quantitative estimate of drug-likeness (QED) is 0.388. The lowest BCUT2D eigenvalue weighted by Crippen LogP contribution is -2.49. The zero-order chi connectivity index (χ0) is 24.6. The van der Waals surface area contributed by atoms with E-state index in [0.29, 0.717) is 28.0 Å². The number of carbonyl (C=O) groups excluding carboxylic acids is 1. The van der Waals surface area contributed by atoms with Gasteiger partial charge in [-0.05, 0) is 37.3 Å². The minimum atomic E-state index is -4.68. The second-order valence-corrected chi connectivity index (χ2v) is 8.21. The Kier molecular flexibility index (Phi) is 6.22. The molecule has 0 N–H and O–H groups in total. The van der Waals surface area contributed by atoms with Gasteiger partial charge in [-0.15, -0.1) is 0 Å². The van der Waals surface area contributed by atoms with Crippen molar-refractivity contribution in [1.82, 2.24) is 14.7 Å². The predicted octanol–water partition coefficient (Wildman–Crippen LogP) is 4.72. The minimum Gasteiger partial charge on any atom is -0.362 e. The molecule has 1 fully saturated rings. The van der Waals surface area contributed by atoms with Crippen LogP contribution in [0.1, 0.15) is 21.6 Å². The Morgan fingerprint density at radius 2 is 1.82 bits per heavy atom. The number of nitrogens with zero attached hydrogens (tertiary/aromatic N) is 5. The molecule has 0 spiro atoms. The summed E-state index contributed by atoms with van der Waals surface area (Å²) in [5.74, 6) is -0.243. The van der Waals surface area contributed by atoms with Crippen LogP contribution in [-0.4, -0.2) is 51.7 Å². The van der Waals surface area contributed by atoms with Gasteiger partial charge in [0.2, 0.25) is 0 Å².